The van der Waals surface area contributed by atoms with E-state index < -0.39 is 6.10 Å². The predicted molar refractivity (Wildman–Crippen MR) is 81.3 cm³/mol. The van der Waals surface area contributed by atoms with Crippen molar-refractivity contribution in [2.45, 2.75) is 20.0 Å². The van der Waals surface area contributed by atoms with E-state index in [9.17, 15) is 5.11 Å². The zero-order chi connectivity index (χ0) is 14.8. The molecule has 1 N–H and O–H groups in total. The molecule has 1 heterocycles. The van der Waals surface area contributed by atoms with Crippen LogP contribution in [0.5, 0.6) is 0 Å². The highest BCUT2D eigenvalue weighted by Gasteiger charge is 2.16. The van der Waals surface area contributed by atoms with Crippen molar-refractivity contribution in [1.29, 1.82) is 0 Å². The largest absolute Gasteiger partial charge is 0.382 e. The van der Waals surface area contributed by atoms with Crippen LogP contribution in [0.25, 0.3) is 5.69 Å². The number of aromatic nitrogens is 3. The Morgan fingerprint density at radius 1 is 1.05 bits per heavy atom. The number of para-hydroxylation sites is 1. The number of aliphatic hydroxyl groups is 1. The summed E-state index contributed by atoms with van der Waals surface area (Å²) in [6.07, 6.45) is 0.847. The minimum absolute atomic E-state index is 0.547. The summed E-state index contributed by atoms with van der Waals surface area (Å²) in [5.41, 5.74) is 4.51. The molecule has 0 aliphatic rings. The second-order valence-corrected chi connectivity index (χ2v) is 5.16. The fraction of sp³-hybridized carbons (Fsp3) is 0.176. The molecule has 1 atom stereocenters. The average Bonchev–Trinajstić information content (AvgIpc) is 2.97. The first-order valence-electron chi connectivity index (χ1n) is 6.88. The van der Waals surface area contributed by atoms with Crippen molar-refractivity contribution in [1.82, 2.24) is 15.0 Å². The quantitative estimate of drug-likeness (QED) is 0.802. The first-order chi connectivity index (χ1) is 10.1. The van der Waals surface area contributed by atoms with Crippen molar-refractivity contribution in [2.24, 2.45) is 0 Å². The number of nitrogens with zero attached hydrogens (tertiary/aromatic N) is 3. The van der Waals surface area contributed by atoms with Gasteiger partial charge in [0.05, 0.1) is 11.9 Å². The van der Waals surface area contributed by atoms with E-state index >= 15 is 0 Å². The zero-order valence-electron chi connectivity index (χ0n) is 12.1. The second kappa shape index (κ2) is 5.50. The lowest BCUT2D eigenvalue weighted by Crippen LogP contribution is -2.05. The standard InChI is InChI=1S/C17H17N3O/c1-12-8-9-15(13(2)10-12)17(21)16-11-18-20(19-16)14-6-4-3-5-7-14/h3-11,17,21H,1-2H3. The molecule has 1 aromatic heterocycles. The monoisotopic (exact) mass is 279 g/mol. The van der Waals surface area contributed by atoms with Crippen LogP contribution < -0.4 is 0 Å². The summed E-state index contributed by atoms with van der Waals surface area (Å²) >= 11 is 0. The summed E-state index contributed by atoms with van der Waals surface area (Å²) < 4.78 is 0. The lowest BCUT2D eigenvalue weighted by Gasteiger charge is -2.11. The lowest BCUT2D eigenvalue weighted by atomic mass is 10.00. The van der Waals surface area contributed by atoms with Crippen LogP contribution in [0.2, 0.25) is 0 Å². The van der Waals surface area contributed by atoms with Crippen molar-refractivity contribution >= 4 is 0 Å². The third-order valence-corrected chi connectivity index (χ3v) is 3.50. The molecule has 0 saturated carbocycles. The fourth-order valence-electron chi connectivity index (χ4n) is 2.38. The van der Waals surface area contributed by atoms with Gasteiger partial charge in [0.1, 0.15) is 11.8 Å². The van der Waals surface area contributed by atoms with Gasteiger partial charge in [-0.15, -0.1) is 0 Å². The van der Waals surface area contributed by atoms with Gasteiger partial charge in [-0.3, -0.25) is 0 Å². The van der Waals surface area contributed by atoms with Crippen molar-refractivity contribution in [3.8, 4) is 5.69 Å². The molecule has 0 spiro atoms. The lowest BCUT2D eigenvalue weighted by molar-refractivity contribution is 0.214. The van der Waals surface area contributed by atoms with E-state index in [0.717, 1.165) is 16.8 Å². The minimum Gasteiger partial charge on any atom is -0.382 e. The van der Waals surface area contributed by atoms with Crippen LogP contribution >= 0.6 is 0 Å². The maximum absolute atomic E-state index is 10.5. The van der Waals surface area contributed by atoms with Crippen LogP contribution in [0, 0.1) is 13.8 Å². The van der Waals surface area contributed by atoms with Crippen LogP contribution in [0.3, 0.4) is 0 Å². The first-order valence-corrected chi connectivity index (χ1v) is 6.88. The van der Waals surface area contributed by atoms with Crippen LogP contribution in [0.1, 0.15) is 28.5 Å². The molecule has 4 heteroatoms. The van der Waals surface area contributed by atoms with Gasteiger partial charge in [-0.05, 0) is 37.1 Å². The molecule has 21 heavy (non-hydrogen) atoms. The molecule has 0 fully saturated rings. The zero-order valence-corrected chi connectivity index (χ0v) is 12.1. The SMILES string of the molecule is Cc1ccc(C(O)c2cnn(-c3ccccc3)n2)c(C)c1. The molecule has 1 unspecified atom stereocenters. The van der Waals surface area contributed by atoms with Gasteiger partial charge >= 0.3 is 0 Å². The highest BCUT2D eigenvalue weighted by atomic mass is 16.3. The first kappa shape index (κ1) is 13.5. The molecule has 0 aliphatic carbocycles. The number of hydrogen-bond acceptors (Lipinski definition) is 3. The predicted octanol–water partition coefficient (Wildman–Crippen LogP) is 2.97. The van der Waals surface area contributed by atoms with Crippen LogP contribution in [0.4, 0.5) is 0 Å². The molecular formula is C17H17N3O. The number of benzene rings is 2. The van der Waals surface area contributed by atoms with Gasteiger partial charge in [-0.2, -0.15) is 15.0 Å². The Labute approximate surface area is 123 Å². The maximum atomic E-state index is 10.5. The van der Waals surface area contributed by atoms with Gasteiger partial charge in [0, 0.05) is 0 Å². The van der Waals surface area contributed by atoms with Crippen molar-refractivity contribution in [2.75, 3.05) is 0 Å². The second-order valence-electron chi connectivity index (χ2n) is 5.16. The van der Waals surface area contributed by atoms with Gasteiger partial charge in [0.15, 0.2) is 0 Å². The van der Waals surface area contributed by atoms with E-state index in [-0.39, 0.29) is 0 Å². The van der Waals surface area contributed by atoms with Gasteiger partial charge in [-0.1, -0.05) is 42.0 Å². The van der Waals surface area contributed by atoms with E-state index in [1.165, 1.54) is 10.4 Å². The van der Waals surface area contributed by atoms with Crippen LogP contribution in [-0.2, 0) is 0 Å². The Bertz CT molecular complexity index is 750. The molecule has 0 saturated heterocycles. The number of hydrogen-bond donors (Lipinski definition) is 1. The molecule has 0 bridgehead atoms. The van der Waals surface area contributed by atoms with Gasteiger partial charge in [-0.25, -0.2) is 0 Å². The van der Waals surface area contributed by atoms with Crippen LogP contribution in [0.15, 0.2) is 54.7 Å². The molecule has 106 valence electrons. The summed E-state index contributed by atoms with van der Waals surface area (Å²) in [5, 5.41) is 19.1. The summed E-state index contributed by atoms with van der Waals surface area (Å²) in [6, 6.07) is 15.6. The van der Waals surface area contributed by atoms with Crippen molar-refractivity contribution < 1.29 is 5.11 Å². The number of aryl methyl sites for hydroxylation is 2. The summed E-state index contributed by atoms with van der Waals surface area (Å²) in [4.78, 5) is 1.53. The third kappa shape index (κ3) is 2.71. The smallest absolute Gasteiger partial charge is 0.125 e. The normalized spacial score (nSPS) is 12.3. The summed E-state index contributed by atoms with van der Waals surface area (Å²) in [7, 11) is 0. The topological polar surface area (TPSA) is 50.9 Å². The van der Waals surface area contributed by atoms with E-state index in [4.69, 9.17) is 0 Å². The Morgan fingerprint density at radius 3 is 2.52 bits per heavy atom. The van der Waals surface area contributed by atoms with E-state index in [1.807, 2.05) is 56.3 Å². The van der Waals surface area contributed by atoms with E-state index in [0.29, 0.717) is 5.69 Å². The Balaban J connectivity index is 1.92. The highest BCUT2D eigenvalue weighted by molar-refractivity contribution is 5.35. The van der Waals surface area contributed by atoms with Gasteiger partial charge < -0.3 is 5.11 Å². The summed E-state index contributed by atoms with van der Waals surface area (Å²) in [6.45, 7) is 4.03. The van der Waals surface area contributed by atoms with Crippen molar-refractivity contribution in [3.63, 3.8) is 0 Å². The maximum Gasteiger partial charge on any atom is 0.125 e. The molecule has 0 radical (unpaired) electrons. The van der Waals surface area contributed by atoms with Crippen molar-refractivity contribution in [3.05, 3.63) is 77.1 Å². The fourth-order valence-corrected chi connectivity index (χ4v) is 2.38. The number of rotatable bonds is 3. The Morgan fingerprint density at radius 2 is 1.81 bits per heavy atom. The Kier molecular flexibility index (Phi) is 3.54. The summed E-state index contributed by atoms with van der Waals surface area (Å²) in [5.74, 6) is 0. The van der Waals surface area contributed by atoms with Gasteiger partial charge in [0.25, 0.3) is 0 Å². The average molecular weight is 279 g/mol. The van der Waals surface area contributed by atoms with Gasteiger partial charge in [0.2, 0.25) is 0 Å². The Hall–Kier alpha value is -2.46. The molecule has 3 aromatic rings. The third-order valence-electron chi connectivity index (χ3n) is 3.50. The molecule has 2 aromatic carbocycles. The molecular weight excluding hydrogens is 262 g/mol. The minimum atomic E-state index is -0.761. The molecule has 3 rings (SSSR count). The molecule has 4 nitrogen and oxygen atoms in total. The number of aliphatic hydroxyl groups excluding tert-OH is 1. The van der Waals surface area contributed by atoms with E-state index in [2.05, 4.69) is 16.3 Å². The molecule has 0 aliphatic heterocycles. The molecule has 0 amide bonds. The van der Waals surface area contributed by atoms with Crippen LogP contribution in [-0.4, -0.2) is 20.1 Å². The highest BCUT2D eigenvalue weighted by Crippen LogP contribution is 2.24. The van der Waals surface area contributed by atoms with E-state index in [1.54, 1.807) is 6.20 Å².